The molecule has 0 spiro atoms. The predicted molar refractivity (Wildman–Crippen MR) is 60.6 cm³/mol. The van der Waals surface area contributed by atoms with Gasteiger partial charge in [0.05, 0.1) is 0 Å². The topological polar surface area (TPSA) is 32.3 Å². The molecule has 2 rings (SSSR count). The summed E-state index contributed by atoms with van der Waals surface area (Å²) in [5.41, 5.74) is 0. The van der Waals surface area contributed by atoms with Gasteiger partial charge in [-0.25, -0.2) is 0 Å². The molecule has 2 fully saturated rings. The second kappa shape index (κ2) is 4.52. The summed E-state index contributed by atoms with van der Waals surface area (Å²) < 4.78 is 0. The van der Waals surface area contributed by atoms with Gasteiger partial charge in [0, 0.05) is 24.5 Å². The third-order valence-corrected chi connectivity index (χ3v) is 3.71. The second-order valence-corrected chi connectivity index (χ2v) is 5.16. The molecule has 2 atom stereocenters. The van der Waals surface area contributed by atoms with E-state index in [1.54, 1.807) is 0 Å². The molecule has 1 N–H and O–H groups in total. The quantitative estimate of drug-likeness (QED) is 0.747. The Morgan fingerprint density at radius 2 is 2.07 bits per heavy atom. The van der Waals surface area contributed by atoms with E-state index in [2.05, 4.69) is 10.2 Å². The molecule has 3 nitrogen and oxygen atoms in total. The number of nitrogens with one attached hydrogen (secondary N) is 1. The molecule has 2 saturated heterocycles. The fourth-order valence-electron chi connectivity index (χ4n) is 2.77. The highest BCUT2D eigenvalue weighted by atomic mass is 16.1. The zero-order chi connectivity index (χ0) is 10.8. The van der Waals surface area contributed by atoms with E-state index in [1.807, 2.05) is 13.8 Å². The SMILES string of the molecule is CC(C)C(=O)NC1CCN2CCCCC12. The van der Waals surface area contributed by atoms with Gasteiger partial charge in [-0.2, -0.15) is 0 Å². The van der Waals surface area contributed by atoms with Gasteiger partial charge in [0.25, 0.3) is 0 Å². The van der Waals surface area contributed by atoms with E-state index in [0.717, 1.165) is 6.42 Å². The Morgan fingerprint density at radius 1 is 1.27 bits per heavy atom. The van der Waals surface area contributed by atoms with Crippen LogP contribution in [0.3, 0.4) is 0 Å². The molecule has 0 radical (unpaired) electrons. The summed E-state index contributed by atoms with van der Waals surface area (Å²) in [6.45, 7) is 6.33. The highest BCUT2D eigenvalue weighted by Gasteiger charge is 2.36. The zero-order valence-electron chi connectivity index (χ0n) is 9.83. The van der Waals surface area contributed by atoms with E-state index in [-0.39, 0.29) is 11.8 Å². The molecule has 0 saturated carbocycles. The normalized spacial score (nSPS) is 31.7. The van der Waals surface area contributed by atoms with Gasteiger partial charge in [0.15, 0.2) is 0 Å². The average molecular weight is 210 g/mol. The van der Waals surface area contributed by atoms with E-state index < -0.39 is 0 Å². The van der Waals surface area contributed by atoms with Crippen molar-refractivity contribution < 1.29 is 4.79 Å². The minimum absolute atomic E-state index is 0.114. The van der Waals surface area contributed by atoms with Crippen molar-refractivity contribution in [1.29, 1.82) is 0 Å². The number of rotatable bonds is 2. The van der Waals surface area contributed by atoms with Gasteiger partial charge in [0.2, 0.25) is 5.91 Å². The molecule has 0 aromatic rings. The molecule has 0 aromatic heterocycles. The standard InChI is InChI=1S/C12H22N2O/c1-9(2)12(15)13-10-6-8-14-7-4-3-5-11(10)14/h9-11H,3-8H2,1-2H3,(H,13,15). The van der Waals surface area contributed by atoms with Gasteiger partial charge in [-0.1, -0.05) is 20.3 Å². The van der Waals surface area contributed by atoms with Crippen LogP contribution in [0, 0.1) is 5.92 Å². The maximum Gasteiger partial charge on any atom is 0.222 e. The van der Waals surface area contributed by atoms with Gasteiger partial charge in [-0.05, 0) is 25.8 Å². The third-order valence-electron chi connectivity index (χ3n) is 3.71. The first-order valence-corrected chi connectivity index (χ1v) is 6.23. The van der Waals surface area contributed by atoms with Crippen LogP contribution in [0.1, 0.15) is 39.5 Å². The first kappa shape index (κ1) is 10.9. The Labute approximate surface area is 92.2 Å². The summed E-state index contributed by atoms with van der Waals surface area (Å²) >= 11 is 0. The van der Waals surface area contributed by atoms with Crippen LogP contribution in [0.2, 0.25) is 0 Å². The molecular weight excluding hydrogens is 188 g/mol. The molecular formula is C12H22N2O. The molecule has 2 unspecified atom stereocenters. The molecule has 2 heterocycles. The maximum absolute atomic E-state index is 11.6. The number of hydrogen-bond donors (Lipinski definition) is 1. The number of fused-ring (bicyclic) bond motifs is 1. The van der Waals surface area contributed by atoms with Crippen LogP contribution >= 0.6 is 0 Å². The molecule has 0 aliphatic carbocycles. The summed E-state index contributed by atoms with van der Waals surface area (Å²) in [6.07, 6.45) is 5.07. The molecule has 3 heteroatoms. The minimum Gasteiger partial charge on any atom is -0.352 e. The van der Waals surface area contributed by atoms with E-state index in [1.165, 1.54) is 32.4 Å². The zero-order valence-corrected chi connectivity index (χ0v) is 9.83. The largest absolute Gasteiger partial charge is 0.352 e. The Kier molecular flexibility index (Phi) is 3.29. The van der Waals surface area contributed by atoms with Crippen molar-refractivity contribution in [3.63, 3.8) is 0 Å². The molecule has 2 aliphatic heterocycles. The van der Waals surface area contributed by atoms with Crippen LogP contribution in [-0.4, -0.2) is 36.0 Å². The van der Waals surface area contributed by atoms with Gasteiger partial charge in [-0.3, -0.25) is 9.69 Å². The fourth-order valence-corrected chi connectivity index (χ4v) is 2.77. The van der Waals surface area contributed by atoms with E-state index in [9.17, 15) is 4.79 Å². The maximum atomic E-state index is 11.6. The fraction of sp³-hybridized carbons (Fsp3) is 0.917. The van der Waals surface area contributed by atoms with Crippen molar-refractivity contribution in [3.05, 3.63) is 0 Å². The van der Waals surface area contributed by atoms with Crippen molar-refractivity contribution in [2.75, 3.05) is 13.1 Å². The molecule has 1 amide bonds. The molecule has 0 bridgehead atoms. The first-order chi connectivity index (χ1) is 7.18. The van der Waals surface area contributed by atoms with Crippen molar-refractivity contribution >= 4 is 5.91 Å². The van der Waals surface area contributed by atoms with Crippen LogP contribution in [0.15, 0.2) is 0 Å². The summed E-state index contributed by atoms with van der Waals surface area (Å²) in [5.74, 6) is 0.329. The highest BCUT2D eigenvalue weighted by Crippen LogP contribution is 2.27. The summed E-state index contributed by atoms with van der Waals surface area (Å²) in [7, 11) is 0. The number of nitrogens with zero attached hydrogens (tertiary/aromatic N) is 1. The Hall–Kier alpha value is -0.570. The van der Waals surface area contributed by atoms with Gasteiger partial charge >= 0.3 is 0 Å². The average Bonchev–Trinajstić information content (AvgIpc) is 2.62. The monoisotopic (exact) mass is 210 g/mol. The van der Waals surface area contributed by atoms with Crippen molar-refractivity contribution in [3.8, 4) is 0 Å². The van der Waals surface area contributed by atoms with Gasteiger partial charge in [-0.15, -0.1) is 0 Å². The lowest BCUT2D eigenvalue weighted by molar-refractivity contribution is -0.124. The second-order valence-electron chi connectivity index (χ2n) is 5.16. The number of piperidine rings is 1. The molecule has 15 heavy (non-hydrogen) atoms. The highest BCUT2D eigenvalue weighted by molar-refractivity contribution is 5.78. The van der Waals surface area contributed by atoms with Gasteiger partial charge in [0.1, 0.15) is 0 Å². The van der Waals surface area contributed by atoms with Crippen LogP contribution < -0.4 is 5.32 Å². The predicted octanol–water partition coefficient (Wildman–Crippen LogP) is 1.39. The van der Waals surface area contributed by atoms with Crippen LogP contribution in [0.25, 0.3) is 0 Å². The Morgan fingerprint density at radius 3 is 2.80 bits per heavy atom. The smallest absolute Gasteiger partial charge is 0.222 e. The van der Waals surface area contributed by atoms with E-state index >= 15 is 0 Å². The van der Waals surface area contributed by atoms with Gasteiger partial charge < -0.3 is 5.32 Å². The lowest BCUT2D eigenvalue weighted by atomic mass is 9.98. The minimum atomic E-state index is 0.114. The first-order valence-electron chi connectivity index (χ1n) is 6.23. The van der Waals surface area contributed by atoms with E-state index in [0.29, 0.717) is 12.1 Å². The Bertz CT molecular complexity index is 240. The summed E-state index contributed by atoms with van der Waals surface area (Å²) in [5, 5.41) is 3.20. The number of amides is 1. The molecule has 86 valence electrons. The number of carbonyl (C=O) groups is 1. The van der Waals surface area contributed by atoms with Crippen molar-refractivity contribution in [2.45, 2.75) is 51.6 Å². The number of carbonyl (C=O) groups excluding carboxylic acids is 1. The third kappa shape index (κ3) is 2.33. The van der Waals surface area contributed by atoms with Crippen molar-refractivity contribution in [2.24, 2.45) is 5.92 Å². The Balaban J connectivity index is 1.90. The molecule has 0 aromatic carbocycles. The number of hydrogen-bond acceptors (Lipinski definition) is 2. The van der Waals surface area contributed by atoms with E-state index in [4.69, 9.17) is 0 Å². The lowest BCUT2D eigenvalue weighted by Crippen LogP contribution is -2.47. The van der Waals surface area contributed by atoms with Crippen molar-refractivity contribution in [1.82, 2.24) is 10.2 Å². The van der Waals surface area contributed by atoms with Crippen LogP contribution in [0.4, 0.5) is 0 Å². The lowest BCUT2D eigenvalue weighted by Gasteiger charge is -2.32. The van der Waals surface area contributed by atoms with Crippen LogP contribution in [0.5, 0.6) is 0 Å². The summed E-state index contributed by atoms with van der Waals surface area (Å²) in [4.78, 5) is 14.2. The summed E-state index contributed by atoms with van der Waals surface area (Å²) in [6, 6.07) is 1.04. The van der Waals surface area contributed by atoms with Crippen LogP contribution in [-0.2, 0) is 4.79 Å². The molecule has 2 aliphatic rings.